The van der Waals surface area contributed by atoms with E-state index in [0.717, 1.165) is 0 Å². The van der Waals surface area contributed by atoms with Crippen LogP contribution in [0.4, 0.5) is 0 Å². The van der Waals surface area contributed by atoms with Crippen molar-refractivity contribution in [1.29, 1.82) is 0 Å². The third-order valence-corrected chi connectivity index (χ3v) is 4.39. The van der Waals surface area contributed by atoms with E-state index in [2.05, 4.69) is 0 Å². The van der Waals surface area contributed by atoms with Gasteiger partial charge in [0.2, 0.25) is 5.91 Å². The van der Waals surface area contributed by atoms with Gasteiger partial charge in [-0.3, -0.25) is 14.4 Å². The summed E-state index contributed by atoms with van der Waals surface area (Å²) in [5, 5.41) is 9.76. The Balaban J connectivity index is 2.00. The van der Waals surface area contributed by atoms with E-state index in [1.807, 2.05) is 0 Å². The molecule has 0 aromatic heterocycles. The lowest BCUT2D eigenvalue weighted by Crippen LogP contribution is -2.46. The van der Waals surface area contributed by atoms with Crippen molar-refractivity contribution in [3.63, 3.8) is 0 Å². The summed E-state index contributed by atoms with van der Waals surface area (Å²) in [7, 11) is 1.51. The number of carboxylic acid groups (broad SMARTS) is 1. The standard InChI is InChI=1S/C16H18Cl2N2O4/c1-19(15(22)11-5-12(17)7-13(18)6-11)9-14(21)20-4-2-3-10(8-20)16(23)24/h5-7,10H,2-4,8-9H2,1H3,(H,23,24). The molecule has 1 aromatic rings. The number of benzene rings is 1. The molecule has 1 aliphatic heterocycles. The van der Waals surface area contributed by atoms with Crippen molar-refractivity contribution in [3.8, 4) is 0 Å². The van der Waals surface area contributed by atoms with Crippen molar-refractivity contribution < 1.29 is 19.5 Å². The van der Waals surface area contributed by atoms with Crippen molar-refractivity contribution in [2.45, 2.75) is 12.8 Å². The maximum absolute atomic E-state index is 12.4. The van der Waals surface area contributed by atoms with E-state index >= 15 is 0 Å². The molecule has 1 atom stereocenters. The fourth-order valence-corrected chi connectivity index (χ4v) is 3.20. The van der Waals surface area contributed by atoms with E-state index in [0.29, 0.717) is 35.0 Å². The number of rotatable bonds is 4. The minimum Gasteiger partial charge on any atom is -0.481 e. The van der Waals surface area contributed by atoms with Gasteiger partial charge in [0, 0.05) is 35.7 Å². The Kier molecular flexibility index (Phi) is 6.07. The van der Waals surface area contributed by atoms with E-state index in [-0.39, 0.29) is 24.9 Å². The van der Waals surface area contributed by atoms with Crippen LogP contribution in [0.15, 0.2) is 18.2 Å². The summed E-state index contributed by atoms with van der Waals surface area (Å²) in [5.74, 6) is -2.09. The van der Waals surface area contributed by atoms with E-state index in [4.69, 9.17) is 28.3 Å². The molecule has 8 heteroatoms. The molecule has 24 heavy (non-hydrogen) atoms. The van der Waals surface area contributed by atoms with E-state index < -0.39 is 11.9 Å². The maximum Gasteiger partial charge on any atom is 0.308 e. The predicted molar refractivity (Wildman–Crippen MR) is 90.4 cm³/mol. The Labute approximate surface area is 149 Å². The first-order valence-corrected chi connectivity index (χ1v) is 8.25. The molecule has 1 unspecified atom stereocenters. The molecule has 2 amide bonds. The minimum atomic E-state index is -0.898. The zero-order valence-electron chi connectivity index (χ0n) is 13.2. The van der Waals surface area contributed by atoms with Crippen LogP contribution in [0.3, 0.4) is 0 Å². The number of likely N-dealkylation sites (N-methyl/N-ethyl adjacent to an activating group) is 1. The molecule has 1 aliphatic rings. The number of aliphatic carboxylic acids is 1. The minimum absolute atomic E-state index is 0.130. The summed E-state index contributed by atoms with van der Waals surface area (Å²) in [5.41, 5.74) is 0.296. The van der Waals surface area contributed by atoms with Crippen molar-refractivity contribution in [3.05, 3.63) is 33.8 Å². The molecule has 1 fully saturated rings. The average molecular weight is 373 g/mol. The van der Waals surface area contributed by atoms with Crippen molar-refractivity contribution in [2.24, 2.45) is 5.92 Å². The van der Waals surface area contributed by atoms with E-state index in [1.54, 1.807) is 0 Å². The molecular formula is C16H18Cl2N2O4. The quantitative estimate of drug-likeness (QED) is 0.879. The number of likely N-dealkylation sites (tertiary alicyclic amines) is 1. The van der Waals surface area contributed by atoms with Gasteiger partial charge < -0.3 is 14.9 Å². The van der Waals surface area contributed by atoms with Crippen LogP contribution < -0.4 is 0 Å². The Hall–Kier alpha value is -1.79. The first-order chi connectivity index (χ1) is 11.3. The highest BCUT2D eigenvalue weighted by Gasteiger charge is 2.29. The SMILES string of the molecule is CN(CC(=O)N1CCCC(C(=O)O)C1)C(=O)c1cc(Cl)cc(Cl)c1. The molecule has 1 aromatic carbocycles. The highest BCUT2D eigenvalue weighted by atomic mass is 35.5. The average Bonchev–Trinajstić information content (AvgIpc) is 2.53. The molecule has 1 N–H and O–H groups in total. The lowest BCUT2D eigenvalue weighted by atomic mass is 9.98. The van der Waals surface area contributed by atoms with Crippen LogP contribution >= 0.6 is 23.2 Å². The van der Waals surface area contributed by atoms with E-state index in [9.17, 15) is 14.4 Å². The zero-order chi connectivity index (χ0) is 17.9. The van der Waals surface area contributed by atoms with Crippen molar-refractivity contribution in [1.82, 2.24) is 9.80 Å². The lowest BCUT2D eigenvalue weighted by molar-refractivity contribution is -0.145. The Bertz CT molecular complexity index is 645. The van der Waals surface area contributed by atoms with Gasteiger partial charge >= 0.3 is 5.97 Å². The maximum atomic E-state index is 12.4. The largest absolute Gasteiger partial charge is 0.481 e. The molecule has 2 rings (SSSR count). The van der Waals surface area contributed by atoms with Gasteiger partial charge in [-0.15, -0.1) is 0 Å². The second kappa shape index (κ2) is 7.85. The van der Waals surface area contributed by atoms with Gasteiger partial charge in [-0.2, -0.15) is 0 Å². The van der Waals surface area contributed by atoms with Gasteiger partial charge in [0.15, 0.2) is 0 Å². The van der Waals surface area contributed by atoms with Gasteiger partial charge in [0.05, 0.1) is 12.5 Å². The van der Waals surface area contributed by atoms with Crippen LogP contribution in [0.2, 0.25) is 10.0 Å². The summed E-state index contributed by atoms with van der Waals surface area (Å²) < 4.78 is 0. The number of halogens is 2. The molecule has 0 spiro atoms. The molecule has 6 nitrogen and oxygen atoms in total. The van der Waals surface area contributed by atoms with Gasteiger partial charge in [-0.05, 0) is 31.0 Å². The predicted octanol–water partition coefficient (Wildman–Crippen LogP) is 2.39. The van der Waals surface area contributed by atoms with Crippen LogP contribution in [0.1, 0.15) is 23.2 Å². The normalized spacial score (nSPS) is 17.5. The van der Waals surface area contributed by atoms with Crippen LogP contribution in [0.25, 0.3) is 0 Å². The van der Waals surface area contributed by atoms with Gasteiger partial charge in [0.25, 0.3) is 5.91 Å². The number of carboxylic acids is 1. The first-order valence-electron chi connectivity index (χ1n) is 7.50. The second-order valence-corrected chi connectivity index (χ2v) is 6.71. The molecule has 130 valence electrons. The van der Waals surface area contributed by atoms with Crippen LogP contribution in [-0.4, -0.2) is 59.4 Å². The molecule has 1 saturated heterocycles. The Morgan fingerprint density at radius 2 is 1.88 bits per heavy atom. The van der Waals surface area contributed by atoms with Gasteiger partial charge in [-0.25, -0.2) is 0 Å². The first kappa shape index (κ1) is 18.5. The van der Waals surface area contributed by atoms with Crippen molar-refractivity contribution in [2.75, 3.05) is 26.7 Å². The molecule has 0 bridgehead atoms. The fourth-order valence-electron chi connectivity index (χ4n) is 2.68. The molecule has 0 saturated carbocycles. The number of carbonyl (C=O) groups is 3. The summed E-state index contributed by atoms with van der Waals surface area (Å²) in [6, 6.07) is 4.49. The Morgan fingerprint density at radius 1 is 1.25 bits per heavy atom. The third-order valence-electron chi connectivity index (χ3n) is 3.95. The third kappa shape index (κ3) is 4.61. The highest BCUT2D eigenvalue weighted by Crippen LogP contribution is 2.20. The van der Waals surface area contributed by atoms with E-state index in [1.165, 1.54) is 35.0 Å². The van der Waals surface area contributed by atoms with Crippen LogP contribution in [0, 0.1) is 5.92 Å². The van der Waals surface area contributed by atoms with Crippen molar-refractivity contribution >= 4 is 41.0 Å². The number of hydrogen-bond donors (Lipinski definition) is 1. The summed E-state index contributed by atoms with van der Waals surface area (Å²) in [6.07, 6.45) is 1.21. The molecule has 1 heterocycles. The second-order valence-electron chi connectivity index (χ2n) is 5.84. The molecule has 0 aliphatic carbocycles. The number of piperidine rings is 1. The van der Waals surface area contributed by atoms with Gasteiger partial charge in [-0.1, -0.05) is 23.2 Å². The smallest absolute Gasteiger partial charge is 0.308 e. The van der Waals surface area contributed by atoms with Crippen LogP contribution in [0.5, 0.6) is 0 Å². The summed E-state index contributed by atoms with van der Waals surface area (Å²) in [4.78, 5) is 38.6. The lowest BCUT2D eigenvalue weighted by Gasteiger charge is -2.32. The number of amides is 2. The topological polar surface area (TPSA) is 77.9 Å². The number of nitrogens with zero attached hydrogens (tertiary/aromatic N) is 2. The molecule has 0 radical (unpaired) electrons. The fraction of sp³-hybridized carbons (Fsp3) is 0.438. The zero-order valence-corrected chi connectivity index (χ0v) is 14.7. The van der Waals surface area contributed by atoms with Crippen LogP contribution in [-0.2, 0) is 9.59 Å². The highest BCUT2D eigenvalue weighted by molar-refractivity contribution is 6.35. The van der Waals surface area contributed by atoms with Gasteiger partial charge in [0.1, 0.15) is 0 Å². The number of carbonyl (C=O) groups excluding carboxylic acids is 2. The monoisotopic (exact) mass is 372 g/mol. The Morgan fingerprint density at radius 3 is 2.46 bits per heavy atom. The number of hydrogen-bond acceptors (Lipinski definition) is 3. The summed E-state index contributed by atoms with van der Waals surface area (Å²) >= 11 is 11.8. The summed E-state index contributed by atoms with van der Waals surface area (Å²) in [6.45, 7) is 0.558. The molecular weight excluding hydrogens is 355 g/mol.